The predicted octanol–water partition coefficient (Wildman–Crippen LogP) is 1.56. The van der Waals surface area contributed by atoms with E-state index in [4.69, 9.17) is 5.11 Å². The third-order valence-electron chi connectivity index (χ3n) is 2.70. The summed E-state index contributed by atoms with van der Waals surface area (Å²) in [6.45, 7) is 0. The van der Waals surface area contributed by atoms with E-state index in [1.165, 1.54) is 24.5 Å². The summed E-state index contributed by atoms with van der Waals surface area (Å²) >= 11 is -2.78. The van der Waals surface area contributed by atoms with Gasteiger partial charge in [-0.25, -0.2) is 4.79 Å². The molecular formula is C12H8N3O6S-. The van der Waals surface area contributed by atoms with Gasteiger partial charge in [-0.05, 0) is 12.1 Å². The molecule has 114 valence electrons. The maximum absolute atomic E-state index is 11.2. The zero-order valence-corrected chi connectivity index (χ0v) is 11.6. The van der Waals surface area contributed by atoms with Crippen molar-refractivity contribution in [3.63, 3.8) is 0 Å². The third kappa shape index (κ3) is 3.24. The number of hydrogen-bond acceptors (Lipinski definition) is 6. The highest BCUT2D eigenvalue weighted by Gasteiger charge is 2.23. The molecule has 0 saturated heterocycles. The summed E-state index contributed by atoms with van der Waals surface area (Å²) in [7, 11) is 0. The maximum Gasteiger partial charge on any atom is 0.336 e. The first kappa shape index (κ1) is 15.5. The van der Waals surface area contributed by atoms with Gasteiger partial charge in [-0.2, -0.15) is 0 Å². The quantitative estimate of drug-likeness (QED) is 0.482. The second-order valence-corrected chi connectivity index (χ2v) is 4.73. The Balaban J connectivity index is 2.79. The number of aromatic carboxylic acids is 1. The summed E-state index contributed by atoms with van der Waals surface area (Å²) in [5, 5.41) is 20.2. The van der Waals surface area contributed by atoms with Crippen LogP contribution in [0.3, 0.4) is 0 Å². The Kier molecular flexibility index (Phi) is 4.44. The molecule has 10 heteroatoms. The average Bonchev–Trinajstić information content (AvgIpc) is 2.46. The van der Waals surface area contributed by atoms with E-state index in [0.717, 1.165) is 12.1 Å². The van der Waals surface area contributed by atoms with Crippen LogP contribution >= 0.6 is 0 Å². The second-order valence-electron chi connectivity index (χ2n) is 4.06. The molecule has 2 aromatic rings. The van der Waals surface area contributed by atoms with Gasteiger partial charge in [-0.1, -0.05) is 6.07 Å². The van der Waals surface area contributed by atoms with Crippen LogP contribution < -0.4 is 4.72 Å². The SMILES string of the molecule is O=C(O)c1cc(NS(=O)[O-])c(-c2cccnc2)c([N+](=O)[O-])c1. The highest BCUT2D eigenvalue weighted by molar-refractivity contribution is 7.80. The van der Waals surface area contributed by atoms with E-state index in [2.05, 4.69) is 4.98 Å². The molecule has 9 nitrogen and oxygen atoms in total. The minimum absolute atomic E-state index is 0.0627. The van der Waals surface area contributed by atoms with Crippen LogP contribution in [-0.2, 0) is 11.3 Å². The number of benzene rings is 1. The molecule has 1 atom stereocenters. The topological polar surface area (TPSA) is 145 Å². The van der Waals surface area contributed by atoms with Crippen LogP contribution in [-0.4, -0.2) is 29.7 Å². The molecule has 2 N–H and O–H groups in total. The Bertz CT molecular complexity index is 765. The maximum atomic E-state index is 11.2. The Morgan fingerprint density at radius 1 is 1.41 bits per heavy atom. The van der Waals surface area contributed by atoms with Gasteiger partial charge in [0.25, 0.3) is 5.69 Å². The van der Waals surface area contributed by atoms with Crippen molar-refractivity contribution in [3.8, 4) is 11.1 Å². The third-order valence-corrected chi connectivity index (χ3v) is 3.09. The van der Waals surface area contributed by atoms with E-state index in [9.17, 15) is 23.7 Å². The Labute approximate surface area is 126 Å². The van der Waals surface area contributed by atoms with Crippen molar-refractivity contribution in [1.82, 2.24) is 4.98 Å². The second kappa shape index (κ2) is 6.28. The summed E-state index contributed by atoms with van der Waals surface area (Å²) in [6.07, 6.45) is 2.75. The van der Waals surface area contributed by atoms with Crippen LogP contribution in [0.1, 0.15) is 10.4 Å². The summed E-state index contributed by atoms with van der Waals surface area (Å²) in [4.78, 5) is 25.3. The van der Waals surface area contributed by atoms with Crippen molar-refractivity contribution in [2.45, 2.75) is 0 Å². The summed E-state index contributed by atoms with van der Waals surface area (Å²) < 4.78 is 23.7. The van der Waals surface area contributed by atoms with Crippen LogP contribution in [0.15, 0.2) is 36.7 Å². The average molecular weight is 322 g/mol. The number of carboxylic acids is 1. The predicted molar refractivity (Wildman–Crippen MR) is 75.8 cm³/mol. The summed E-state index contributed by atoms with van der Waals surface area (Å²) in [6, 6.07) is 4.88. The molecule has 2 rings (SSSR count). The molecule has 0 aliphatic carbocycles. The van der Waals surface area contributed by atoms with Crippen molar-refractivity contribution in [3.05, 3.63) is 52.3 Å². The van der Waals surface area contributed by atoms with E-state index < -0.39 is 33.4 Å². The zero-order chi connectivity index (χ0) is 16.3. The zero-order valence-electron chi connectivity index (χ0n) is 10.8. The van der Waals surface area contributed by atoms with Crippen LogP contribution in [0.2, 0.25) is 0 Å². The number of carbonyl (C=O) groups is 1. The standard InChI is InChI=1S/C12H9N3O6S/c16-12(17)8-4-9(14-22(20)21)11(10(5-8)15(18)19)7-2-1-3-13-6-7/h1-6,14H,(H,16,17)(H,20,21)/p-1. The van der Waals surface area contributed by atoms with Crippen molar-refractivity contribution in [2.24, 2.45) is 0 Å². The molecule has 0 saturated carbocycles. The van der Waals surface area contributed by atoms with Gasteiger partial charge < -0.3 is 14.4 Å². The van der Waals surface area contributed by atoms with E-state index in [-0.39, 0.29) is 16.8 Å². The lowest BCUT2D eigenvalue weighted by Gasteiger charge is -2.14. The molecule has 22 heavy (non-hydrogen) atoms. The van der Waals surface area contributed by atoms with E-state index >= 15 is 0 Å². The van der Waals surface area contributed by atoms with Gasteiger partial charge in [-0.15, -0.1) is 0 Å². The summed E-state index contributed by atoms with van der Waals surface area (Å²) in [5.41, 5.74) is -0.951. The molecule has 1 unspecified atom stereocenters. The highest BCUT2D eigenvalue weighted by atomic mass is 32.2. The van der Waals surface area contributed by atoms with E-state index in [0.29, 0.717) is 0 Å². The molecule has 0 amide bonds. The van der Waals surface area contributed by atoms with Gasteiger partial charge in [0.2, 0.25) is 0 Å². The number of nitrogens with zero attached hydrogens (tertiary/aromatic N) is 2. The molecule has 1 aromatic carbocycles. The van der Waals surface area contributed by atoms with Crippen LogP contribution in [0, 0.1) is 10.1 Å². The first-order chi connectivity index (χ1) is 10.4. The van der Waals surface area contributed by atoms with E-state index in [1.807, 2.05) is 4.72 Å². The van der Waals surface area contributed by atoms with Crippen LogP contribution in [0.4, 0.5) is 11.4 Å². The molecule has 0 radical (unpaired) electrons. The molecule has 0 aliphatic rings. The lowest BCUT2D eigenvalue weighted by molar-refractivity contribution is -0.384. The van der Waals surface area contributed by atoms with Gasteiger partial charge in [-0.3, -0.25) is 19.3 Å². The van der Waals surface area contributed by atoms with Gasteiger partial charge >= 0.3 is 5.97 Å². The van der Waals surface area contributed by atoms with Gasteiger partial charge in [0.15, 0.2) is 0 Å². The van der Waals surface area contributed by atoms with Crippen molar-refractivity contribution in [1.29, 1.82) is 0 Å². The van der Waals surface area contributed by atoms with Crippen molar-refractivity contribution < 1.29 is 23.6 Å². The van der Waals surface area contributed by atoms with Gasteiger partial charge in [0.05, 0.1) is 21.7 Å². The lowest BCUT2D eigenvalue weighted by Crippen LogP contribution is -2.08. The molecule has 1 aromatic heterocycles. The number of rotatable bonds is 5. The van der Waals surface area contributed by atoms with Gasteiger partial charge in [0, 0.05) is 35.3 Å². The number of aromatic nitrogens is 1. The van der Waals surface area contributed by atoms with Crippen molar-refractivity contribution >= 4 is 28.6 Å². The molecule has 1 heterocycles. The van der Waals surface area contributed by atoms with E-state index in [1.54, 1.807) is 0 Å². The molecule has 0 fully saturated rings. The number of nitro benzene ring substituents is 1. The fourth-order valence-corrected chi connectivity index (χ4v) is 2.22. The lowest BCUT2D eigenvalue weighted by atomic mass is 10.0. The van der Waals surface area contributed by atoms with Crippen molar-refractivity contribution in [2.75, 3.05) is 4.72 Å². The number of hydrogen-bond donors (Lipinski definition) is 2. The first-order valence-electron chi connectivity index (χ1n) is 5.72. The summed E-state index contributed by atoms with van der Waals surface area (Å²) in [5.74, 6) is -1.42. The Morgan fingerprint density at radius 3 is 2.64 bits per heavy atom. The molecule has 0 aliphatic heterocycles. The fraction of sp³-hybridized carbons (Fsp3) is 0. The minimum atomic E-state index is -2.78. The monoisotopic (exact) mass is 322 g/mol. The number of carboxylic acid groups (broad SMARTS) is 1. The Hall–Kier alpha value is -2.85. The van der Waals surface area contributed by atoms with Gasteiger partial charge in [0.1, 0.15) is 0 Å². The normalized spacial score (nSPS) is 11.7. The first-order valence-corrected chi connectivity index (χ1v) is 6.79. The number of pyridine rings is 1. The Morgan fingerprint density at radius 2 is 2.14 bits per heavy atom. The van der Waals surface area contributed by atoms with Crippen LogP contribution in [0.5, 0.6) is 0 Å². The number of nitro groups is 1. The van der Waals surface area contributed by atoms with Crippen LogP contribution in [0.25, 0.3) is 11.1 Å². The minimum Gasteiger partial charge on any atom is -0.755 e. The number of anilines is 1. The largest absolute Gasteiger partial charge is 0.755 e. The smallest absolute Gasteiger partial charge is 0.336 e. The highest BCUT2D eigenvalue weighted by Crippen LogP contribution is 2.37. The molecular weight excluding hydrogens is 314 g/mol. The molecule has 0 bridgehead atoms. The fourth-order valence-electron chi connectivity index (χ4n) is 1.88. The molecule has 0 spiro atoms. The number of nitrogens with one attached hydrogen (secondary N) is 1.